The fourth-order valence-corrected chi connectivity index (χ4v) is 6.76. The van der Waals surface area contributed by atoms with Gasteiger partial charge in [0.1, 0.15) is 10.6 Å². The summed E-state index contributed by atoms with van der Waals surface area (Å²) < 4.78 is 53.1. The third-order valence-electron chi connectivity index (χ3n) is 4.87. The molecule has 152 valence electrons. The molecule has 7 heteroatoms. The van der Waals surface area contributed by atoms with Crippen LogP contribution in [-0.4, -0.2) is 21.9 Å². The van der Waals surface area contributed by atoms with Crippen LogP contribution in [0, 0.1) is 13.8 Å². The van der Waals surface area contributed by atoms with Crippen LogP contribution in [0.2, 0.25) is 0 Å². The maximum Gasteiger partial charge on any atom is 0.210 e. The first-order valence-corrected chi connectivity index (χ1v) is 12.0. The van der Waals surface area contributed by atoms with E-state index in [1.54, 1.807) is 57.2 Å². The summed E-state index contributed by atoms with van der Waals surface area (Å²) in [6.45, 7) is 5.08. The van der Waals surface area contributed by atoms with Gasteiger partial charge in [-0.1, -0.05) is 43.3 Å². The summed E-state index contributed by atoms with van der Waals surface area (Å²) in [4.78, 5) is -0.395. The molecule has 0 fully saturated rings. The van der Waals surface area contributed by atoms with Crippen LogP contribution in [0.15, 0.2) is 80.2 Å². The highest BCUT2D eigenvalue weighted by atomic mass is 32.2. The maximum absolute atomic E-state index is 13.4. The number of hydrogen-bond donors (Lipinski definition) is 1. The highest BCUT2D eigenvalue weighted by Crippen LogP contribution is 2.36. The topological polar surface area (TPSA) is 88.5 Å². The Morgan fingerprint density at radius 1 is 0.690 bits per heavy atom. The smallest absolute Gasteiger partial charge is 0.210 e. The SMILES string of the molecule is CCc1cc(O)c(S(=O)(=O)c2ccccc2C)cc1S(=O)(=O)c1ccccc1C. The fourth-order valence-electron chi connectivity index (χ4n) is 3.29. The Labute approximate surface area is 171 Å². The second kappa shape index (κ2) is 7.65. The summed E-state index contributed by atoms with van der Waals surface area (Å²) in [6.07, 6.45) is 0.318. The Kier molecular flexibility index (Phi) is 5.56. The monoisotopic (exact) mass is 430 g/mol. The number of sulfone groups is 2. The zero-order valence-corrected chi connectivity index (χ0v) is 18.0. The number of aryl methyl sites for hydroxylation is 3. The molecule has 0 saturated heterocycles. The van der Waals surface area contributed by atoms with Gasteiger partial charge in [0, 0.05) is 0 Å². The van der Waals surface area contributed by atoms with Crippen LogP contribution >= 0.6 is 0 Å². The second-order valence-corrected chi connectivity index (χ2v) is 10.6. The molecular weight excluding hydrogens is 408 g/mol. The average Bonchev–Trinajstić information content (AvgIpc) is 2.67. The van der Waals surface area contributed by atoms with Crippen molar-refractivity contribution in [1.29, 1.82) is 0 Å². The van der Waals surface area contributed by atoms with Crippen molar-refractivity contribution in [2.75, 3.05) is 0 Å². The van der Waals surface area contributed by atoms with Crippen molar-refractivity contribution in [1.82, 2.24) is 0 Å². The van der Waals surface area contributed by atoms with E-state index >= 15 is 0 Å². The molecular formula is C22H22O5S2. The molecule has 0 radical (unpaired) electrons. The molecule has 3 aromatic rings. The zero-order chi connectivity index (χ0) is 21.4. The molecule has 0 unspecified atom stereocenters. The van der Waals surface area contributed by atoms with Crippen LogP contribution in [-0.2, 0) is 26.1 Å². The lowest BCUT2D eigenvalue weighted by Gasteiger charge is -2.15. The Hall–Kier alpha value is -2.64. The molecule has 1 N–H and O–H groups in total. The van der Waals surface area contributed by atoms with E-state index in [0.717, 1.165) is 6.07 Å². The van der Waals surface area contributed by atoms with Crippen molar-refractivity contribution in [3.63, 3.8) is 0 Å². The molecule has 0 aromatic heterocycles. The lowest BCUT2D eigenvalue weighted by Crippen LogP contribution is -2.11. The predicted octanol–water partition coefficient (Wildman–Crippen LogP) is 4.24. The van der Waals surface area contributed by atoms with Gasteiger partial charge in [0.05, 0.1) is 14.7 Å². The summed E-state index contributed by atoms with van der Waals surface area (Å²) >= 11 is 0. The summed E-state index contributed by atoms with van der Waals surface area (Å²) in [5.41, 5.74) is 1.43. The van der Waals surface area contributed by atoms with Gasteiger partial charge in [0.15, 0.2) is 0 Å². The summed E-state index contributed by atoms with van der Waals surface area (Å²) in [5, 5.41) is 10.5. The first kappa shape index (κ1) is 21.1. The van der Waals surface area contributed by atoms with E-state index in [0.29, 0.717) is 23.1 Å². The summed E-state index contributed by atoms with van der Waals surface area (Å²) in [5.74, 6) is -0.464. The fraction of sp³-hybridized carbons (Fsp3) is 0.182. The molecule has 0 saturated carbocycles. The molecule has 29 heavy (non-hydrogen) atoms. The van der Waals surface area contributed by atoms with Crippen LogP contribution in [0.1, 0.15) is 23.6 Å². The van der Waals surface area contributed by atoms with E-state index in [-0.39, 0.29) is 14.7 Å². The van der Waals surface area contributed by atoms with E-state index in [1.807, 2.05) is 0 Å². The molecule has 3 aromatic carbocycles. The second-order valence-electron chi connectivity index (χ2n) is 6.82. The number of phenols is 1. The number of aromatic hydroxyl groups is 1. The van der Waals surface area contributed by atoms with Crippen molar-refractivity contribution in [3.8, 4) is 5.75 Å². The van der Waals surface area contributed by atoms with Gasteiger partial charge in [-0.2, -0.15) is 0 Å². The van der Waals surface area contributed by atoms with Gasteiger partial charge in [0.2, 0.25) is 19.7 Å². The Balaban J connectivity index is 2.32. The predicted molar refractivity (Wildman–Crippen MR) is 111 cm³/mol. The molecule has 3 rings (SSSR count). The highest BCUT2D eigenvalue weighted by molar-refractivity contribution is 7.92. The summed E-state index contributed by atoms with van der Waals surface area (Å²) in [6, 6.07) is 15.2. The molecule has 0 bridgehead atoms. The van der Waals surface area contributed by atoms with Crippen molar-refractivity contribution < 1.29 is 21.9 Å². The summed E-state index contributed by atoms with van der Waals surface area (Å²) in [7, 11) is -8.09. The van der Waals surface area contributed by atoms with Crippen LogP contribution in [0.3, 0.4) is 0 Å². The largest absolute Gasteiger partial charge is 0.507 e. The molecule has 5 nitrogen and oxygen atoms in total. The third kappa shape index (κ3) is 3.68. The molecule has 0 atom stereocenters. The third-order valence-corrected chi connectivity index (χ3v) is 8.81. The van der Waals surface area contributed by atoms with E-state index < -0.39 is 30.3 Å². The van der Waals surface area contributed by atoms with Gasteiger partial charge < -0.3 is 5.11 Å². The van der Waals surface area contributed by atoms with Gasteiger partial charge >= 0.3 is 0 Å². The molecule has 0 heterocycles. The van der Waals surface area contributed by atoms with E-state index in [2.05, 4.69) is 0 Å². The van der Waals surface area contributed by atoms with Crippen molar-refractivity contribution in [3.05, 3.63) is 77.4 Å². The molecule has 0 amide bonds. The van der Waals surface area contributed by atoms with Crippen LogP contribution in [0.25, 0.3) is 0 Å². The minimum atomic E-state index is -4.11. The maximum atomic E-state index is 13.4. The van der Waals surface area contributed by atoms with Crippen molar-refractivity contribution >= 4 is 19.7 Å². The van der Waals surface area contributed by atoms with E-state index in [1.165, 1.54) is 18.2 Å². The Bertz CT molecular complexity index is 1290. The minimum absolute atomic E-state index is 0.0267. The number of phenolic OH excluding ortho intramolecular Hbond substituents is 1. The number of benzene rings is 3. The average molecular weight is 431 g/mol. The molecule has 0 aliphatic rings. The minimum Gasteiger partial charge on any atom is -0.507 e. The van der Waals surface area contributed by atoms with Crippen molar-refractivity contribution in [2.45, 2.75) is 46.8 Å². The standard InChI is InChI=1S/C22H22O5S2/c1-4-17-13-18(23)22(29(26,27)20-12-8-6-10-16(20)3)14-21(17)28(24,25)19-11-7-5-9-15(19)2/h5-14,23H,4H2,1-3H3. The Morgan fingerprint density at radius 2 is 1.14 bits per heavy atom. The van der Waals surface area contributed by atoms with E-state index in [9.17, 15) is 21.9 Å². The number of rotatable bonds is 5. The van der Waals surface area contributed by atoms with Gasteiger partial charge in [-0.15, -0.1) is 0 Å². The van der Waals surface area contributed by atoms with Gasteiger partial charge in [-0.25, -0.2) is 16.8 Å². The Morgan fingerprint density at radius 3 is 1.59 bits per heavy atom. The molecule has 0 aliphatic carbocycles. The molecule has 0 aliphatic heterocycles. The lowest BCUT2D eigenvalue weighted by molar-refractivity contribution is 0.456. The van der Waals surface area contributed by atoms with Gasteiger partial charge in [-0.3, -0.25) is 0 Å². The van der Waals surface area contributed by atoms with Crippen LogP contribution in [0.4, 0.5) is 0 Å². The zero-order valence-electron chi connectivity index (χ0n) is 16.4. The van der Waals surface area contributed by atoms with E-state index in [4.69, 9.17) is 0 Å². The highest BCUT2D eigenvalue weighted by Gasteiger charge is 2.29. The van der Waals surface area contributed by atoms with Gasteiger partial charge in [0.25, 0.3) is 0 Å². The first-order chi connectivity index (χ1) is 13.6. The number of hydrogen-bond acceptors (Lipinski definition) is 5. The van der Waals surface area contributed by atoms with Gasteiger partial charge in [-0.05, 0) is 61.2 Å². The van der Waals surface area contributed by atoms with Crippen LogP contribution < -0.4 is 0 Å². The normalized spacial score (nSPS) is 12.1. The first-order valence-electron chi connectivity index (χ1n) is 9.08. The van der Waals surface area contributed by atoms with Crippen LogP contribution in [0.5, 0.6) is 5.75 Å². The molecule has 0 spiro atoms. The lowest BCUT2D eigenvalue weighted by atomic mass is 10.1. The van der Waals surface area contributed by atoms with Crippen molar-refractivity contribution in [2.24, 2.45) is 0 Å². The quantitative estimate of drug-likeness (QED) is 0.654.